The third-order valence-electron chi connectivity index (χ3n) is 5.07. The molecule has 2 aliphatic heterocycles. The zero-order valence-electron chi connectivity index (χ0n) is 16.2. The summed E-state index contributed by atoms with van der Waals surface area (Å²) in [4.78, 5) is 37.6. The number of ether oxygens (including phenoxy) is 1. The van der Waals surface area contributed by atoms with Gasteiger partial charge in [0.05, 0.1) is 25.4 Å². The average molecular weight is 427 g/mol. The summed E-state index contributed by atoms with van der Waals surface area (Å²) in [6, 6.07) is 13.7. The Morgan fingerprint density at radius 3 is 2.47 bits per heavy atom. The summed E-state index contributed by atoms with van der Waals surface area (Å²) in [7, 11) is 1.59. The van der Waals surface area contributed by atoms with Crippen molar-refractivity contribution >= 4 is 35.2 Å². The number of benzene rings is 2. The van der Waals surface area contributed by atoms with Crippen molar-refractivity contribution in [2.75, 3.05) is 20.2 Å². The number of hydrogen-bond donors (Lipinski definition) is 1. The molecule has 1 saturated heterocycles. The normalized spacial score (nSPS) is 18.5. The smallest absolute Gasteiger partial charge is 0.325 e. The van der Waals surface area contributed by atoms with Crippen LogP contribution in [0.3, 0.4) is 0 Å². The van der Waals surface area contributed by atoms with E-state index in [2.05, 4.69) is 10.4 Å². The minimum atomic E-state index is -0.574. The molecule has 1 fully saturated rings. The number of methoxy groups -OCH3 is 1. The largest absolute Gasteiger partial charge is 0.497 e. The van der Waals surface area contributed by atoms with Crippen LogP contribution in [0.15, 0.2) is 53.6 Å². The molecular formula is C21H19ClN4O4. The first-order chi connectivity index (χ1) is 14.5. The predicted octanol–water partition coefficient (Wildman–Crippen LogP) is 2.58. The highest BCUT2D eigenvalue weighted by molar-refractivity contribution is 6.30. The van der Waals surface area contributed by atoms with E-state index in [1.54, 1.807) is 19.2 Å². The van der Waals surface area contributed by atoms with Gasteiger partial charge in [0.25, 0.3) is 11.8 Å². The van der Waals surface area contributed by atoms with Gasteiger partial charge in [-0.3, -0.25) is 14.5 Å². The molecule has 0 bridgehead atoms. The second-order valence-electron chi connectivity index (χ2n) is 6.92. The van der Waals surface area contributed by atoms with Gasteiger partial charge >= 0.3 is 6.03 Å². The number of carbonyl (C=O) groups excluding carboxylic acids is 3. The molecule has 1 N–H and O–H groups in total. The van der Waals surface area contributed by atoms with E-state index >= 15 is 0 Å². The fraction of sp³-hybridized carbons (Fsp3) is 0.238. The minimum absolute atomic E-state index is 0.104. The van der Waals surface area contributed by atoms with Crippen LogP contribution < -0.4 is 10.1 Å². The Morgan fingerprint density at radius 2 is 1.87 bits per heavy atom. The third-order valence-corrected chi connectivity index (χ3v) is 5.33. The molecule has 2 aromatic rings. The molecule has 2 heterocycles. The Kier molecular flexibility index (Phi) is 5.41. The molecule has 0 aliphatic carbocycles. The van der Waals surface area contributed by atoms with Crippen LogP contribution in [0.5, 0.6) is 5.75 Å². The SMILES string of the molecule is COc1ccc(C2=NN(C(=O)CN3C(=O)CNC3=O)C(c3ccc(Cl)cc3)C2)cc1. The standard InChI is InChI=1S/C21H19ClN4O4/c1-30-16-8-4-13(5-9-16)17-10-18(14-2-6-15(22)7-3-14)26(24-17)20(28)12-25-19(27)11-23-21(25)29/h2-9,18H,10-12H2,1H3,(H,23,29). The van der Waals surface area contributed by atoms with Gasteiger partial charge < -0.3 is 10.1 Å². The Bertz CT molecular complexity index is 1000. The van der Waals surface area contributed by atoms with Gasteiger partial charge in [-0.05, 0) is 47.5 Å². The van der Waals surface area contributed by atoms with E-state index in [4.69, 9.17) is 16.3 Å². The number of carbonyl (C=O) groups is 3. The molecule has 2 aliphatic rings. The van der Waals surface area contributed by atoms with E-state index in [1.807, 2.05) is 36.4 Å². The number of nitrogens with one attached hydrogen (secondary N) is 1. The molecule has 0 radical (unpaired) electrons. The van der Waals surface area contributed by atoms with Crippen LogP contribution in [0, 0.1) is 0 Å². The van der Waals surface area contributed by atoms with Crippen molar-refractivity contribution in [3.63, 3.8) is 0 Å². The molecule has 30 heavy (non-hydrogen) atoms. The number of hydrogen-bond acceptors (Lipinski definition) is 5. The zero-order chi connectivity index (χ0) is 21.3. The fourth-order valence-electron chi connectivity index (χ4n) is 3.47. The molecular weight excluding hydrogens is 408 g/mol. The van der Waals surface area contributed by atoms with E-state index in [-0.39, 0.29) is 19.1 Å². The monoisotopic (exact) mass is 426 g/mol. The first-order valence-electron chi connectivity index (χ1n) is 9.34. The molecule has 4 amide bonds. The fourth-order valence-corrected chi connectivity index (χ4v) is 3.59. The lowest BCUT2D eigenvalue weighted by Crippen LogP contribution is -2.41. The highest BCUT2D eigenvalue weighted by atomic mass is 35.5. The van der Waals surface area contributed by atoms with Crippen molar-refractivity contribution < 1.29 is 19.1 Å². The first kappa shape index (κ1) is 19.9. The van der Waals surface area contributed by atoms with Gasteiger partial charge in [0.2, 0.25) is 0 Å². The number of urea groups is 1. The van der Waals surface area contributed by atoms with Gasteiger partial charge in [0, 0.05) is 11.4 Å². The number of rotatable bonds is 5. The summed E-state index contributed by atoms with van der Waals surface area (Å²) in [6.07, 6.45) is 0.486. The second kappa shape index (κ2) is 8.16. The van der Waals surface area contributed by atoms with Crippen LogP contribution in [0.25, 0.3) is 0 Å². The van der Waals surface area contributed by atoms with E-state index in [9.17, 15) is 14.4 Å². The van der Waals surface area contributed by atoms with Gasteiger partial charge in [-0.15, -0.1) is 0 Å². The van der Waals surface area contributed by atoms with E-state index in [0.29, 0.717) is 11.4 Å². The third kappa shape index (κ3) is 3.86. The van der Waals surface area contributed by atoms with Gasteiger partial charge in [-0.2, -0.15) is 5.10 Å². The predicted molar refractivity (Wildman–Crippen MR) is 110 cm³/mol. The molecule has 2 aromatic carbocycles. The number of imide groups is 1. The van der Waals surface area contributed by atoms with Gasteiger partial charge in [-0.1, -0.05) is 23.7 Å². The summed E-state index contributed by atoms with van der Waals surface area (Å²) in [5.41, 5.74) is 2.44. The molecule has 4 rings (SSSR count). The van der Waals surface area contributed by atoms with Crippen LogP contribution >= 0.6 is 11.6 Å². The Labute approximate surface area is 178 Å². The summed E-state index contributed by atoms with van der Waals surface area (Å²) >= 11 is 6.01. The van der Waals surface area contributed by atoms with Crippen molar-refractivity contribution in [2.24, 2.45) is 5.10 Å². The molecule has 154 valence electrons. The molecule has 0 spiro atoms. The van der Waals surface area contributed by atoms with Crippen molar-refractivity contribution in [1.29, 1.82) is 0 Å². The maximum atomic E-state index is 13.0. The quantitative estimate of drug-likeness (QED) is 0.744. The lowest BCUT2D eigenvalue weighted by atomic mass is 9.98. The minimum Gasteiger partial charge on any atom is -0.497 e. The van der Waals surface area contributed by atoms with Crippen LogP contribution in [-0.2, 0) is 9.59 Å². The highest BCUT2D eigenvalue weighted by Gasteiger charge is 2.37. The lowest BCUT2D eigenvalue weighted by molar-refractivity contribution is -0.137. The molecule has 1 unspecified atom stereocenters. The summed E-state index contributed by atoms with van der Waals surface area (Å²) in [5, 5.41) is 8.89. The zero-order valence-corrected chi connectivity index (χ0v) is 16.9. The summed E-state index contributed by atoms with van der Waals surface area (Å²) in [6.45, 7) is -0.471. The first-order valence-corrected chi connectivity index (χ1v) is 9.71. The number of halogens is 1. The number of hydrazone groups is 1. The van der Waals surface area contributed by atoms with Crippen molar-refractivity contribution in [3.05, 3.63) is 64.7 Å². The van der Waals surface area contributed by atoms with Gasteiger partial charge in [0.1, 0.15) is 12.3 Å². The molecule has 8 nitrogen and oxygen atoms in total. The van der Waals surface area contributed by atoms with Gasteiger partial charge in [0.15, 0.2) is 0 Å². The topological polar surface area (TPSA) is 91.3 Å². The maximum absolute atomic E-state index is 13.0. The van der Waals surface area contributed by atoms with Crippen LogP contribution in [0.4, 0.5) is 4.79 Å². The van der Waals surface area contributed by atoms with E-state index in [1.165, 1.54) is 5.01 Å². The molecule has 1 atom stereocenters. The molecule has 0 saturated carbocycles. The Hall–Kier alpha value is -3.39. The van der Waals surface area contributed by atoms with Crippen molar-refractivity contribution in [3.8, 4) is 5.75 Å². The van der Waals surface area contributed by atoms with Crippen molar-refractivity contribution in [1.82, 2.24) is 15.2 Å². The summed E-state index contributed by atoms with van der Waals surface area (Å²) in [5.74, 6) is -0.156. The average Bonchev–Trinajstić information content (AvgIpc) is 3.34. The van der Waals surface area contributed by atoms with E-state index < -0.39 is 17.8 Å². The Morgan fingerprint density at radius 1 is 1.17 bits per heavy atom. The van der Waals surface area contributed by atoms with Crippen LogP contribution in [0.2, 0.25) is 5.02 Å². The van der Waals surface area contributed by atoms with Crippen molar-refractivity contribution in [2.45, 2.75) is 12.5 Å². The molecule has 9 heteroatoms. The van der Waals surface area contributed by atoms with Crippen LogP contribution in [0.1, 0.15) is 23.6 Å². The van der Waals surface area contributed by atoms with Crippen LogP contribution in [-0.4, -0.2) is 53.7 Å². The highest BCUT2D eigenvalue weighted by Crippen LogP contribution is 2.34. The number of nitrogens with zero attached hydrogens (tertiary/aromatic N) is 3. The summed E-state index contributed by atoms with van der Waals surface area (Å²) < 4.78 is 5.20. The molecule has 0 aromatic heterocycles. The maximum Gasteiger partial charge on any atom is 0.325 e. The van der Waals surface area contributed by atoms with Gasteiger partial charge in [-0.25, -0.2) is 9.80 Å². The second-order valence-corrected chi connectivity index (χ2v) is 7.36. The Balaban J connectivity index is 1.63. The van der Waals surface area contributed by atoms with E-state index in [0.717, 1.165) is 27.5 Å². The lowest BCUT2D eigenvalue weighted by Gasteiger charge is -2.23. The number of amides is 4.